The lowest BCUT2D eigenvalue weighted by Crippen LogP contribution is -2.57. The average molecular weight is 443 g/mol. The van der Waals surface area contributed by atoms with Crippen LogP contribution in [0.3, 0.4) is 0 Å². The third-order valence-electron chi connectivity index (χ3n) is 5.23. The molecule has 1 aliphatic heterocycles. The molecule has 3 amide bonds. The minimum absolute atomic E-state index is 0.0342. The van der Waals surface area contributed by atoms with Crippen LogP contribution in [0.2, 0.25) is 0 Å². The van der Waals surface area contributed by atoms with Crippen LogP contribution < -0.4 is 10.6 Å². The van der Waals surface area contributed by atoms with Gasteiger partial charge in [-0.2, -0.15) is 0 Å². The fraction of sp³-hybridized carbons (Fsp3) is 0.364. The van der Waals surface area contributed by atoms with Crippen LogP contribution in [-0.2, 0) is 20.9 Å². The molecule has 0 bridgehead atoms. The van der Waals surface area contributed by atoms with Crippen molar-refractivity contribution < 1.29 is 23.5 Å². The molecule has 1 aromatic heterocycles. The minimum atomic E-state index is -0.746. The monoisotopic (exact) mass is 443 g/mol. The molecular formula is C22H26FN5O4. The Morgan fingerprint density at radius 1 is 1.19 bits per heavy atom. The van der Waals surface area contributed by atoms with E-state index in [4.69, 9.17) is 4.74 Å². The molecule has 0 radical (unpaired) electrons. The van der Waals surface area contributed by atoms with Crippen LogP contribution in [0.25, 0.3) is 0 Å². The lowest BCUT2D eigenvalue weighted by molar-refractivity contribution is -0.155. The summed E-state index contributed by atoms with van der Waals surface area (Å²) < 4.78 is 19.9. The Labute approximate surface area is 185 Å². The highest BCUT2D eigenvalue weighted by Crippen LogP contribution is 2.22. The largest absolute Gasteiger partial charge is 0.467 e. The molecule has 2 heterocycles. The number of carbonyl (C=O) groups excluding carboxylic acids is 3. The van der Waals surface area contributed by atoms with Crippen molar-refractivity contribution in [3.63, 3.8) is 0 Å². The van der Waals surface area contributed by atoms with E-state index in [-0.39, 0.29) is 24.7 Å². The van der Waals surface area contributed by atoms with Crippen molar-refractivity contribution in [3.8, 4) is 0 Å². The van der Waals surface area contributed by atoms with Gasteiger partial charge in [-0.05, 0) is 25.1 Å². The van der Waals surface area contributed by atoms with Gasteiger partial charge in [0.2, 0.25) is 5.91 Å². The summed E-state index contributed by atoms with van der Waals surface area (Å²) in [4.78, 5) is 43.6. The summed E-state index contributed by atoms with van der Waals surface area (Å²) in [5, 5.41) is 5.12. The maximum Gasteiger partial charge on any atom is 0.329 e. The van der Waals surface area contributed by atoms with Crippen LogP contribution in [0.4, 0.5) is 20.6 Å². The first-order valence-electron chi connectivity index (χ1n) is 10.1. The van der Waals surface area contributed by atoms with E-state index in [0.29, 0.717) is 24.3 Å². The summed E-state index contributed by atoms with van der Waals surface area (Å²) in [6.45, 7) is 4.48. The molecule has 0 unspecified atom stereocenters. The number of methoxy groups -OCH3 is 1. The highest BCUT2D eigenvalue weighted by atomic mass is 19.1. The topological polar surface area (TPSA) is 104 Å². The molecule has 1 aromatic carbocycles. The lowest BCUT2D eigenvalue weighted by Gasteiger charge is -2.39. The molecule has 2 N–H and O–H groups in total. The average Bonchev–Trinajstić information content (AvgIpc) is 2.77. The second-order valence-electron chi connectivity index (χ2n) is 7.53. The number of rotatable bonds is 5. The van der Waals surface area contributed by atoms with Crippen LogP contribution >= 0.6 is 0 Å². The molecule has 170 valence electrons. The Morgan fingerprint density at radius 3 is 2.62 bits per heavy atom. The molecule has 2 aromatic rings. The van der Waals surface area contributed by atoms with Crippen molar-refractivity contribution in [2.75, 3.05) is 37.4 Å². The van der Waals surface area contributed by atoms with E-state index < -0.39 is 23.9 Å². The molecule has 0 spiro atoms. The van der Waals surface area contributed by atoms with Gasteiger partial charge in [-0.15, -0.1) is 0 Å². The number of anilines is 2. The smallest absolute Gasteiger partial charge is 0.329 e. The molecule has 10 heteroatoms. The standard InChI is InChI=1S/C22H26FN5O4/c1-14-7-8-17(11-24-14)25-22(31)26-18-6-4-5-16(20(18)23)12-27-9-10-28(15(2)29)19(13-27)21(30)32-3/h4-8,11,19H,9-10,12-13H2,1-3H3,(H2,25,26,31)/t19-/m0/s1. The molecule has 1 fully saturated rings. The summed E-state index contributed by atoms with van der Waals surface area (Å²) in [7, 11) is 1.27. The van der Waals surface area contributed by atoms with E-state index in [2.05, 4.69) is 15.6 Å². The Morgan fingerprint density at radius 2 is 1.97 bits per heavy atom. The molecule has 1 atom stereocenters. The zero-order chi connectivity index (χ0) is 23.3. The summed E-state index contributed by atoms with van der Waals surface area (Å²) in [5.41, 5.74) is 1.70. The molecule has 0 aliphatic carbocycles. The summed E-state index contributed by atoms with van der Waals surface area (Å²) in [5.74, 6) is -1.29. The van der Waals surface area contributed by atoms with Gasteiger partial charge in [0.25, 0.3) is 0 Å². The van der Waals surface area contributed by atoms with Gasteiger partial charge in [0.15, 0.2) is 5.82 Å². The van der Waals surface area contributed by atoms with Gasteiger partial charge in [-0.1, -0.05) is 12.1 Å². The SMILES string of the molecule is COC(=O)[C@@H]1CN(Cc2cccc(NC(=O)Nc3ccc(C)nc3)c2F)CCN1C(C)=O. The number of benzene rings is 1. The van der Waals surface area contributed by atoms with Crippen molar-refractivity contribution in [1.82, 2.24) is 14.8 Å². The number of aromatic nitrogens is 1. The number of carbonyl (C=O) groups is 3. The summed E-state index contributed by atoms with van der Waals surface area (Å²) >= 11 is 0. The number of nitrogens with one attached hydrogen (secondary N) is 2. The Kier molecular flexibility index (Phi) is 7.37. The maximum atomic E-state index is 15.1. The van der Waals surface area contributed by atoms with Crippen molar-refractivity contribution in [2.24, 2.45) is 0 Å². The van der Waals surface area contributed by atoms with E-state index in [0.717, 1.165) is 5.69 Å². The van der Waals surface area contributed by atoms with Crippen LogP contribution in [0.5, 0.6) is 0 Å². The van der Waals surface area contributed by atoms with E-state index in [9.17, 15) is 14.4 Å². The molecular weight excluding hydrogens is 417 g/mol. The Bertz CT molecular complexity index is 998. The van der Waals surface area contributed by atoms with E-state index in [1.165, 1.54) is 31.2 Å². The quantitative estimate of drug-likeness (QED) is 0.688. The van der Waals surface area contributed by atoms with Gasteiger partial charge in [0, 0.05) is 44.4 Å². The van der Waals surface area contributed by atoms with Gasteiger partial charge in [0.05, 0.1) is 24.7 Å². The van der Waals surface area contributed by atoms with Crippen LogP contribution in [0, 0.1) is 12.7 Å². The lowest BCUT2D eigenvalue weighted by atomic mass is 10.1. The number of piperazine rings is 1. The molecule has 3 rings (SSSR count). The first kappa shape index (κ1) is 23.1. The molecule has 9 nitrogen and oxygen atoms in total. The van der Waals surface area contributed by atoms with Crippen LogP contribution in [0.1, 0.15) is 18.2 Å². The first-order valence-corrected chi connectivity index (χ1v) is 10.1. The number of aryl methyl sites for hydroxylation is 1. The van der Waals surface area contributed by atoms with Gasteiger partial charge >= 0.3 is 12.0 Å². The van der Waals surface area contributed by atoms with E-state index in [1.54, 1.807) is 24.3 Å². The Balaban J connectivity index is 1.67. The molecule has 1 saturated heterocycles. The first-order chi connectivity index (χ1) is 15.3. The normalized spacial score (nSPS) is 16.4. The number of amides is 3. The van der Waals surface area contributed by atoms with Crippen molar-refractivity contribution in [1.29, 1.82) is 0 Å². The highest BCUT2D eigenvalue weighted by Gasteiger charge is 2.34. The van der Waals surface area contributed by atoms with Crippen molar-refractivity contribution >= 4 is 29.3 Å². The second kappa shape index (κ2) is 10.2. The zero-order valence-electron chi connectivity index (χ0n) is 18.2. The zero-order valence-corrected chi connectivity index (χ0v) is 18.2. The number of pyridine rings is 1. The number of urea groups is 1. The van der Waals surface area contributed by atoms with E-state index >= 15 is 4.39 Å². The van der Waals surface area contributed by atoms with Crippen LogP contribution in [0.15, 0.2) is 36.5 Å². The fourth-order valence-corrected chi connectivity index (χ4v) is 3.56. The number of ether oxygens (including phenoxy) is 1. The summed E-state index contributed by atoms with van der Waals surface area (Å²) in [6, 6.07) is 6.85. The van der Waals surface area contributed by atoms with Gasteiger partial charge in [-0.25, -0.2) is 14.0 Å². The predicted octanol–water partition coefficient (Wildman–Crippen LogP) is 2.38. The maximum absolute atomic E-state index is 15.1. The molecule has 1 aliphatic rings. The third kappa shape index (κ3) is 5.58. The number of hydrogen-bond acceptors (Lipinski definition) is 6. The Hall–Kier alpha value is -3.53. The van der Waals surface area contributed by atoms with Gasteiger partial charge in [-0.3, -0.25) is 14.7 Å². The molecule has 32 heavy (non-hydrogen) atoms. The number of hydrogen-bond donors (Lipinski definition) is 2. The highest BCUT2D eigenvalue weighted by molar-refractivity contribution is 5.99. The number of esters is 1. The predicted molar refractivity (Wildman–Crippen MR) is 116 cm³/mol. The number of nitrogens with zero attached hydrogens (tertiary/aromatic N) is 3. The molecule has 0 saturated carbocycles. The van der Waals surface area contributed by atoms with Crippen molar-refractivity contribution in [2.45, 2.75) is 26.4 Å². The third-order valence-corrected chi connectivity index (χ3v) is 5.23. The number of halogens is 1. The summed E-state index contributed by atoms with van der Waals surface area (Å²) in [6.07, 6.45) is 1.51. The van der Waals surface area contributed by atoms with Crippen LogP contribution in [-0.4, -0.2) is 65.5 Å². The minimum Gasteiger partial charge on any atom is -0.467 e. The van der Waals surface area contributed by atoms with Gasteiger partial charge in [0.1, 0.15) is 6.04 Å². The van der Waals surface area contributed by atoms with Crippen molar-refractivity contribution in [3.05, 3.63) is 53.6 Å². The fourth-order valence-electron chi connectivity index (χ4n) is 3.56. The second-order valence-corrected chi connectivity index (χ2v) is 7.53. The van der Waals surface area contributed by atoms with E-state index in [1.807, 2.05) is 11.8 Å². The van der Waals surface area contributed by atoms with Gasteiger partial charge < -0.3 is 20.3 Å².